The molecule has 1 saturated heterocycles. The zero-order valence-electron chi connectivity index (χ0n) is 11.9. The van der Waals surface area contributed by atoms with Crippen LogP contribution in [0.3, 0.4) is 0 Å². The Labute approximate surface area is 110 Å². The fraction of sp³-hybridized carbons (Fsp3) is 0.923. The van der Waals surface area contributed by atoms with Gasteiger partial charge in [-0.15, -0.1) is 0 Å². The molecular weight excluding hydrogens is 230 g/mol. The molecule has 0 aliphatic carbocycles. The predicted octanol–water partition coefficient (Wildman–Crippen LogP) is 0.150. The van der Waals surface area contributed by atoms with Crippen LogP contribution in [0.25, 0.3) is 0 Å². The lowest BCUT2D eigenvalue weighted by molar-refractivity contribution is -0.134. The van der Waals surface area contributed by atoms with E-state index in [1.54, 1.807) is 7.11 Å². The van der Waals surface area contributed by atoms with Gasteiger partial charge in [-0.2, -0.15) is 0 Å². The molecule has 18 heavy (non-hydrogen) atoms. The first-order valence-electron chi connectivity index (χ1n) is 6.80. The molecule has 0 bridgehead atoms. The van der Waals surface area contributed by atoms with Crippen molar-refractivity contribution >= 4 is 5.91 Å². The van der Waals surface area contributed by atoms with Gasteiger partial charge in [-0.3, -0.25) is 9.69 Å². The Morgan fingerprint density at radius 3 is 2.39 bits per heavy atom. The van der Waals surface area contributed by atoms with Crippen LogP contribution in [0, 0.1) is 5.92 Å². The van der Waals surface area contributed by atoms with Crippen LogP contribution in [-0.4, -0.2) is 68.2 Å². The summed E-state index contributed by atoms with van der Waals surface area (Å²) in [5, 5.41) is 0. The lowest BCUT2D eigenvalue weighted by Gasteiger charge is -2.36. The second-order valence-corrected chi connectivity index (χ2v) is 5.41. The van der Waals surface area contributed by atoms with E-state index in [9.17, 15) is 4.79 Å². The number of hydrogen-bond acceptors (Lipinski definition) is 4. The third kappa shape index (κ3) is 4.92. The summed E-state index contributed by atoms with van der Waals surface area (Å²) in [6, 6.07) is -0.415. The highest BCUT2D eigenvalue weighted by Gasteiger charge is 2.25. The zero-order valence-corrected chi connectivity index (χ0v) is 11.9. The summed E-state index contributed by atoms with van der Waals surface area (Å²) >= 11 is 0. The summed E-state index contributed by atoms with van der Waals surface area (Å²) < 4.78 is 4.95. The van der Waals surface area contributed by atoms with Gasteiger partial charge < -0.3 is 15.4 Å². The number of piperazine rings is 1. The molecule has 1 atom stereocenters. The Hall–Kier alpha value is -0.650. The lowest BCUT2D eigenvalue weighted by atomic mass is 10.1. The monoisotopic (exact) mass is 257 g/mol. The van der Waals surface area contributed by atoms with Crippen molar-refractivity contribution in [3.05, 3.63) is 0 Å². The minimum absolute atomic E-state index is 0.0660. The first-order chi connectivity index (χ1) is 8.54. The molecular formula is C13H27N3O2. The molecule has 1 aliphatic heterocycles. The molecule has 1 rings (SSSR count). The largest absolute Gasteiger partial charge is 0.385 e. The first-order valence-corrected chi connectivity index (χ1v) is 6.80. The predicted molar refractivity (Wildman–Crippen MR) is 72.3 cm³/mol. The molecule has 1 unspecified atom stereocenters. The van der Waals surface area contributed by atoms with E-state index in [2.05, 4.69) is 18.7 Å². The van der Waals surface area contributed by atoms with E-state index in [1.165, 1.54) is 0 Å². The number of methoxy groups -OCH3 is 1. The average molecular weight is 257 g/mol. The molecule has 2 N–H and O–H groups in total. The van der Waals surface area contributed by atoms with Crippen molar-refractivity contribution in [2.45, 2.75) is 26.3 Å². The third-order valence-electron chi connectivity index (χ3n) is 3.26. The van der Waals surface area contributed by atoms with Gasteiger partial charge in [0.05, 0.1) is 6.04 Å². The number of amides is 1. The number of rotatable bonds is 6. The van der Waals surface area contributed by atoms with Gasteiger partial charge >= 0.3 is 0 Å². The zero-order chi connectivity index (χ0) is 13.5. The van der Waals surface area contributed by atoms with Gasteiger partial charge in [0.15, 0.2) is 0 Å². The fourth-order valence-corrected chi connectivity index (χ4v) is 2.27. The summed E-state index contributed by atoms with van der Waals surface area (Å²) in [6.45, 7) is 9.61. The van der Waals surface area contributed by atoms with Crippen LogP contribution in [0.4, 0.5) is 0 Å². The van der Waals surface area contributed by atoms with E-state index in [1.807, 2.05) is 4.90 Å². The topological polar surface area (TPSA) is 58.8 Å². The van der Waals surface area contributed by atoms with Crippen molar-refractivity contribution in [3.8, 4) is 0 Å². The van der Waals surface area contributed by atoms with Gasteiger partial charge in [0, 0.05) is 46.4 Å². The summed E-state index contributed by atoms with van der Waals surface area (Å²) in [5.41, 5.74) is 5.86. The Bertz CT molecular complexity index is 251. The van der Waals surface area contributed by atoms with E-state index in [0.29, 0.717) is 18.9 Å². The molecule has 0 aromatic rings. The normalized spacial score (nSPS) is 19.3. The van der Waals surface area contributed by atoms with Crippen molar-refractivity contribution in [1.82, 2.24) is 9.80 Å². The van der Waals surface area contributed by atoms with Gasteiger partial charge in [0.25, 0.3) is 0 Å². The highest BCUT2D eigenvalue weighted by molar-refractivity contribution is 5.81. The smallest absolute Gasteiger partial charge is 0.239 e. The maximum absolute atomic E-state index is 12.1. The van der Waals surface area contributed by atoms with E-state index in [4.69, 9.17) is 10.5 Å². The van der Waals surface area contributed by atoms with Crippen LogP contribution in [-0.2, 0) is 9.53 Å². The Morgan fingerprint density at radius 2 is 1.89 bits per heavy atom. The summed E-state index contributed by atoms with van der Waals surface area (Å²) in [7, 11) is 1.63. The van der Waals surface area contributed by atoms with Crippen molar-refractivity contribution in [1.29, 1.82) is 0 Å². The quantitative estimate of drug-likeness (QED) is 0.736. The van der Waals surface area contributed by atoms with E-state index < -0.39 is 6.04 Å². The van der Waals surface area contributed by atoms with E-state index in [0.717, 1.165) is 32.7 Å². The fourth-order valence-electron chi connectivity index (χ4n) is 2.27. The van der Waals surface area contributed by atoms with Crippen molar-refractivity contribution < 1.29 is 9.53 Å². The van der Waals surface area contributed by atoms with Crippen molar-refractivity contribution in [3.63, 3.8) is 0 Å². The van der Waals surface area contributed by atoms with Gasteiger partial charge in [0.2, 0.25) is 5.91 Å². The second-order valence-electron chi connectivity index (χ2n) is 5.41. The average Bonchev–Trinajstić information content (AvgIpc) is 2.35. The minimum atomic E-state index is -0.415. The number of ether oxygens (including phenoxy) is 1. The molecule has 1 fully saturated rings. The molecule has 0 aromatic carbocycles. The third-order valence-corrected chi connectivity index (χ3v) is 3.26. The Balaban J connectivity index is 2.31. The second kappa shape index (κ2) is 7.71. The van der Waals surface area contributed by atoms with Crippen LogP contribution in [0.1, 0.15) is 20.3 Å². The van der Waals surface area contributed by atoms with E-state index >= 15 is 0 Å². The maximum Gasteiger partial charge on any atom is 0.239 e. The summed E-state index contributed by atoms with van der Waals surface area (Å²) in [4.78, 5) is 16.4. The van der Waals surface area contributed by atoms with Gasteiger partial charge in [-0.1, -0.05) is 13.8 Å². The molecule has 0 spiro atoms. The molecule has 1 heterocycles. The van der Waals surface area contributed by atoms with Crippen LogP contribution in [0.5, 0.6) is 0 Å². The summed E-state index contributed by atoms with van der Waals surface area (Å²) in [6.07, 6.45) is 0.599. The minimum Gasteiger partial charge on any atom is -0.385 e. The number of nitrogens with two attached hydrogens (primary N) is 1. The highest BCUT2D eigenvalue weighted by Crippen LogP contribution is 2.07. The SMILES string of the molecule is COCCC(N)C(=O)N1CCN(CC(C)C)CC1. The summed E-state index contributed by atoms with van der Waals surface area (Å²) in [5.74, 6) is 0.743. The molecule has 5 nitrogen and oxygen atoms in total. The standard InChI is InChI=1S/C13H27N3O2/c1-11(2)10-15-5-7-16(8-6-15)13(17)12(14)4-9-18-3/h11-12H,4-10,14H2,1-3H3. The molecule has 0 saturated carbocycles. The van der Waals surface area contributed by atoms with Crippen LogP contribution in [0.2, 0.25) is 0 Å². The van der Waals surface area contributed by atoms with E-state index in [-0.39, 0.29) is 5.91 Å². The van der Waals surface area contributed by atoms with Crippen LogP contribution in [0.15, 0.2) is 0 Å². The molecule has 106 valence electrons. The number of hydrogen-bond donors (Lipinski definition) is 1. The van der Waals surface area contributed by atoms with Crippen molar-refractivity contribution in [2.75, 3.05) is 46.4 Å². The van der Waals surface area contributed by atoms with Gasteiger partial charge in [-0.25, -0.2) is 0 Å². The number of carbonyl (C=O) groups excluding carboxylic acids is 1. The lowest BCUT2D eigenvalue weighted by Crippen LogP contribution is -2.53. The van der Waals surface area contributed by atoms with Gasteiger partial charge in [-0.05, 0) is 12.3 Å². The Kier molecular flexibility index (Phi) is 6.60. The van der Waals surface area contributed by atoms with Gasteiger partial charge in [0.1, 0.15) is 0 Å². The molecule has 1 aliphatic rings. The highest BCUT2D eigenvalue weighted by atomic mass is 16.5. The first kappa shape index (κ1) is 15.4. The molecule has 5 heteroatoms. The number of nitrogens with zero attached hydrogens (tertiary/aromatic N) is 2. The van der Waals surface area contributed by atoms with Crippen molar-refractivity contribution in [2.24, 2.45) is 11.7 Å². The molecule has 0 aromatic heterocycles. The molecule has 0 radical (unpaired) electrons. The number of carbonyl (C=O) groups is 1. The maximum atomic E-state index is 12.1. The molecule has 1 amide bonds. The van der Waals surface area contributed by atoms with Crippen LogP contribution >= 0.6 is 0 Å². The van der Waals surface area contributed by atoms with Crippen LogP contribution < -0.4 is 5.73 Å². The Morgan fingerprint density at radius 1 is 1.28 bits per heavy atom.